The molecular formula is C10H19ClO2S. The van der Waals surface area contributed by atoms with Crippen LogP contribution in [0.1, 0.15) is 26.7 Å². The van der Waals surface area contributed by atoms with Crippen molar-refractivity contribution in [2.45, 2.75) is 26.7 Å². The van der Waals surface area contributed by atoms with Crippen molar-refractivity contribution in [3.8, 4) is 0 Å². The topological polar surface area (TPSA) is 26.3 Å². The van der Waals surface area contributed by atoms with Crippen molar-refractivity contribution in [2.75, 3.05) is 24.0 Å². The number of ether oxygens (including phenoxy) is 1. The summed E-state index contributed by atoms with van der Waals surface area (Å²) in [7, 11) is 0. The maximum Gasteiger partial charge on any atom is 0.308 e. The molecule has 0 aliphatic rings. The van der Waals surface area contributed by atoms with Gasteiger partial charge in [-0.3, -0.25) is 4.79 Å². The highest BCUT2D eigenvalue weighted by atomic mass is 35.5. The predicted molar refractivity (Wildman–Crippen MR) is 63.1 cm³/mol. The molecule has 0 unspecified atom stereocenters. The van der Waals surface area contributed by atoms with E-state index in [0.717, 1.165) is 24.3 Å². The second-order valence-corrected chi connectivity index (χ2v) is 4.58. The van der Waals surface area contributed by atoms with Crippen LogP contribution in [-0.2, 0) is 9.53 Å². The standard InChI is InChI=1S/C10H19ClO2S/c1-3-9(4-2)10(12)13-6-8-14-7-5-11/h9H,3-8H2,1-2H3. The molecule has 14 heavy (non-hydrogen) atoms. The molecule has 0 N–H and O–H groups in total. The average molecular weight is 239 g/mol. The molecule has 0 bridgehead atoms. The summed E-state index contributed by atoms with van der Waals surface area (Å²) in [5, 5.41) is 0. The first-order valence-electron chi connectivity index (χ1n) is 5.06. The van der Waals surface area contributed by atoms with Gasteiger partial charge in [0.2, 0.25) is 0 Å². The number of halogens is 1. The molecule has 84 valence electrons. The van der Waals surface area contributed by atoms with Gasteiger partial charge in [0.15, 0.2) is 0 Å². The summed E-state index contributed by atoms with van der Waals surface area (Å²) >= 11 is 7.22. The zero-order chi connectivity index (χ0) is 10.8. The van der Waals surface area contributed by atoms with Crippen LogP contribution >= 0.6 is 23.4 Å². The van der Waals surface area contributed by atoms with E-state index >= 15 is 0 Å². The summed E-state index contributed by atoms with van der Waals surface area (Å²) in [6.45, 7) is 4.53. The van der Waals surface area contributed by atoms with Crippen LogP contribution in [0.5, 0.6) is 0 Å². The lowest BCUT2D eigenvalue weighted by Crippen LogP contribution is -2.17. The van der Waals surface area contributed by atoms with Gasteiger partial charge >= 0.3 is 5.97 Å². The smallest absolute Gasteiger partial charge is 0.308 e. The van der Waals surface area contributed by atoms with Crippen molar-refractivity contribution in [3.63, 3.8) is 0 Å². The first-order chi connectivity index (χ1) is 6.76. The molecule has 0 saturated heterocycles. The minimum atomic E-state index is -0.0542. The van der Waals surface area contributed by atoms with Gasteiger partial charge in [-0.2, -0.15) is 11.8 Å². The molecule has 0 saturated carbocycles. The molecule has 0 aliphatic heterocycles. The van der Waals surface area contributed by atoms with E-state index < -0.39 is 0 Å². The lowest BCUT2D eigenvalue weighted by molar-refractivity contribution is -0.148. The van der Waals surface area contributed by atoms with Gasteiger partial charge in [0.1, 0.15) is 6.61 Å². The maximum absolute atomic E-state index is 11.4. The number of hydrogen-bond donors (Lipinski definition) is 0. The second-order valence-electron chi connectivity index (χ2n) is 2.98. The zero-order valence-corrected chi connectivity index (χ0v) is 10.5. The van der Waals surface area contributed by atoms with E-state index in [1.807, 2.05) is 13.8 Å². The Morgan fingerprint density at radius 3 is 2.50 bits per heavy atom. The van der Waals surface area contributed by atoms with Crippen molar-refractivity contribution < 1.29 is 9.53 Å². The van der Waals surface area contributed by atoms with Crippen LogP contribution < -0.4 is 0 Å². The fraction of sp³-hybridized carbons (Fsp3) is 0.900. The first kappa shape index (κ1) is 14.1. The van der Waals surface area contributed by atoms with Crippen LogP contribution in [0.15, 0.2) is 0 Å². The van der Waals surface area contributed by atoms with Crippen LogP contribution in [-0.4, -0.2) is 30.0 Å². The molecule has 0 amide bonds. The van der Waals surface area contributed by atoms with E-state index in [1.54, 1.807) is 11.8 Å². The predicted octanol–water partition coefficient (Wildman–Crippen LogP) is 2.94. The van der Waals surface area contributed by atoms with Crippen LogP contribution in [0.3, 0.4) is 0 Å². The summed E-state index contributed by atoms with van der Waals surface area (Å²) < 4.78 is 5.13. The molecular weight excluding hydrogens is 220 g/mol. The Hall–Kier alpha value is 0.110. The Bertz CT molecular complexity index is 149. The third-order valence-electron chi connectivity index (χ3n) is 2.01. The van der Waals surface area contributed by atoms with Gasteiger partial charge < -0.3 is 4.74 Å². The Balaban J connectivity index is 3.43. The molecule has 0 radical (unpaired) electrons. The fourth-order valence-electron chi connectivity index (χ4n) is 1.10. The monoisotopic (exact) mass is 238 g/mol. The van der Waals surface area contributed by atoms with Crippen molar-refractivity contribution in [1.82, 2.24) is 0 Å². The van der Waals surface area contributed by atoms with Crippen molar-refractivity contribution in [2.24, 2.45) is 5.92 Å². The van der Waals surface area contributed by atoms with Crippen LogP contribution in [0.25, 0.3) is 0 Å². The summed E-state index contributed by atoms with van der Waals surface area (Å²) in [6, 6.07) is 0. The molecule has 0 aliphatic carbocycles. The highest BCUT2D eigenvalue weighted by Gasteiger charge is 2.14. The highest BCUT2D eigenvalue weighted by Crippen LogP contribution is 2.10. The zero-order valence-electron chi connectivity index (χ0n) is 8.92. The highest BCUT2D eigenvalue weighted by molar-refractivity contribution is 7.99. The van der Waals surface area contributed by atoms with E-state index in [2.05, 4.69) is 0 Å². The van der Waals surface area contributed by atoms with E-state index in [1.165, 1.54) is 0 Å². The number of carbonyl (C=O) groups is 1. The van der Waals surface area contributed by atoms with Crippen LogP contribution in [0.2, 0.25) is 0 Å². The SMILES string of the molecule is CCC(CC)C(=O)OCCSCCCl. The lowest BCUT2D eigenvalue weighted by Gasteiger charge is -2.11. The average Bonchev–Trinajstić information content (AvgIpc) is 2.19. The number of rotatable bonds is 8. The Labute approximate surface area is 95.7 Å². The van der Waals surface area contributed by atoms with Gasteiger partial charge in [-0.05, 0) is 12.8 Å². The van der Waals surface area contributed by atoms with Gasteiger partial charge in [-0.25, -0.2) is 0 Å². The number of hydrogen-bond acceptors (Lipinski definition) is 3. The van der Waals surface area contributed by atoms with Crippen molar-refractivity contribution in [1.29, 1.82) is 0 Å². The van der Waals surface area contributed by atoms with Crippen molar-refractivity contribution >= 4 is 29.3 Å². The number of carbonyl (C=O) groups excluding carboxylic acids is 1. The Kier molecular flexibility index (Phi) is 9.73. The van der Waals surface area contributed by atoms with Crippen LogP contribution in [0, 0.1) is 5.92 Å². The minimum Gasteiger partial charge on any atom is -0.465 e. The third kappa shape index (κ3) is 6.55. The van der Waals surface area contributed by atoms with Gasteiger partial charge in [-0.15, -0.1) is 11.6 Å². The third-order valence-corrected chi connectivity index (χ3v) is 3.37. The van der Waals surface area contributed by atoms with E-state index in [-0.39, 0.29) is 11.9 Å². The number of alkyl halides is 1. The quantitative estimate of drug-likeness (QED) is 0.370. The molecule has 0 spiro atoms. The number of thioether (sulfide) groups is 1. The molecule has 0 heterocycles. The Morgan fingerprint density at radius 2 is 2.00 bits per heavy atom. The van der Waals surface area contributed by atoms with Crippen LogP contribution in [0.4, 0.5) is 0 Å². The van der Waals surface area contributed by atoms with Crippen molar-refractivity contribution in [3.05, 3.63) is 0 Å². The molecule has 0 aromatic rings. The summed E-state index contributed by atoms with van der Waals surface area (Å²) in [6.07, 6.45) is 1.73. The lowest BCUT2D eigenvalue weighted by atomic mass is 10.0. The van der Waals surface area contributed by atoms with E-state index in [4.69, 9.17) is 16.3 Å². The van der Waals surface area contributed by atoms with Gasteiger partial charge in [0, 0.05) is 17.4 Å². The first-order valence-corrected chi connectivity index (χ1v) is 6.75. The number of esters is 1. The molecule has 0 aromatic heterocycles. The summed E-state index contributed by atoms with van der Waals surface area (Å²) in [5.74, 6) is 2.45. The Morgan fingerprint density at radius 1 is 1.36 bits per heavy atom. The van der Waals surface area contributed by atoms with Gasteiger partial charge in [0.25, 0.3) is 0 Å². The van der Waals surface area contributed by atoms with E-state index in [9.17, 15) is 4.79 Å². The molecule has 0 aromatic carbocycles. The molecule has 4 heteroatoms. The van der Waals surface area contributed by atoms with Gasteiger partial charge in [-0.1, -0.05) is 13.8 Å². The molecule has 0 fully saturated rings. The second kappa shape index (κ2) is 9.66. The largest absolute Gasteiger partial charge is 0.465 e. The van der Waals surface area contributed by atoms with E-state index in [0.29, 0.717) is 12.5 Å². The molecule has 0 atom stereocenters. The van der Waals surface area contributed by atoms with Gasteiger partial charge in [0.05, 0.1) is 5.92 Å². The fourth-order valence-corrected chi connectivity index (χ4v) is 1.94. The molecule has 2 nitrogen and oxygen atoms in total. The summed E-state index contributed by atoms with van der Waals surface area (Å²) in [5.41, 5.74) is 0. The molecule has 0 rings (SSSR count). The summed E-state index contributed by atoms with van der Waals surface area (Å²) in [4.78, 5) is 11.4. The minimum absolute atomic E-state index is 0.0542. The maximum atomic E-state index is 11.4. The normalized spacial score (nSPS) is 10.6.